The third-order valence-electron chi connectivity index (χ3n) is 1.80. The predicted octanol–water partition coefficient (Wildman–Crippen LogP) is 3.56. The third kappa shape index (κ3) is 2.72. The first-order valence-corrected chi connectivity index (χ1v) is 5.12. The van der Waals surface area contributed by atoms with Crippen molar-refractivity contribution in [3.8, 4) is 0 Å². The van der Waals surface area contributed by atoms with Crippen LogP contribution in [0.2, 0.25) is 0 Å². The van der Waals surface area contributed by atoms with Crippen molar-refractivity contribution in [3.63, 3.8) is 0 Å². The molecule has 1 heteroatoms. The fourth-order valence-electron chi connectivity index (χ4n) is 1.36. The summed E-state index contributed by atoms with van der Waals surface area (Å²) in [5, 5.41) is 0. The van der Waals surface area contributed by atoms with Crippen LogP contribution in [0.3, 0.4) is 0 Å². The van der Waals surface area contributed by atoms with Crippen molar-refractivity contribution in [1.82, 2.24) is 4.98 Å². The van der Waals surface area contributed by atoms with Crippen LogP contribution in [0.1, 0.15) is 45.4 Å². The highest BCUT2D eigenvalue weighted by molar-refractivity contribution is 5.24. The Bertz CT molecular complexity index is 170. The average Bonchev–Trinajstić information content (AvgIpc) is 2.72. The first-order valence-electron chi connectivity index (χ1n) is 5.12. The molecule has 0 radical (unpaired) electrons. The Hall–Kier alpha value is -0.720. The maximum atomic E-state index is 3.22. The van der Waals surface area contributed by atoms with E-state index in [1.165, 1.54) is 30.5 Å². The number of H-pyrrole nitrogens is 1. The molecule has 1 aromatic heterocycles. The summed E-state index contributed by atoms with van der Waals surface area (Å²) >= 11 is 0. The Morgan fingerprint density at radius 3 is 2.33 bits per heavy atom. The predicted molar refractivity (Wildman–Crippen MR) is 55.5 cm³/mol. The summed E-state index contributed by atoms with van der Waals surface area (Å²) in [5.41, 5.74) is 3.00. The molecule has 1 N–H and O–H groups in total. The minimum atomic E-state index is 1.27. The maximum Gasteiger partial charge on any atom is 0.0179 e. The molecular weight excluding hydrogens is 146 g/mol. The van der Waals surface area contributed by atoms with Crippen molar-refractivity contribution in [2.75, 3.05) is 0 Å². The summed E-state index contributed by atoms with van der Waals surface area (Å²) in [6.45, 7) is 8.00. The van der Waals surface area contributed by atoms with E-state index in [0.29, 0.717) is 0 Å². The summed E-state index contributed by atoms with van der Waals surface area (Å²) in [4.78, 5) is 3.22. The molecule has 0 spiro atoms. The molecule has 0 amide bonds. The van der Waals surface area contributed by atoms with Crippen LogP contribution in [0.4, 0.5) is 0 Å². The topological polar surface area (TPSA) is 15.8 Å². The smallest absolute Gasteiger partial charge is 0.0179 e. The summed E-state index contributed by atoms with van der Waals surface area (Å²) in [5.74, 6) is 0. The molecule has 12 heavy (non-hydrogen) atoms. The summed E-state index contributed by atoms with van der Waals surface area (Å²) < 4.78 is 0. The van der Waals surface area contributed by atoms with Gasteiger partial charge in [0.1, 0.15) is 0 Å². The van der Waals surface area contributed by atoms with Crippen LogP contribution in [-0.4, -0.2) is 4.98 Å². The second-order valence-electron chi connectivity index (χ2n) is 2.34. The lowest BCUT2D eigenvalue weighted by Gasteiger charge is -1.81. The van der Waals surface area contributed by atoms with Crippen LogP contribution in [0, 0.1) is 0 Å². The number of rotatable bonds is 0. The zero-order chi connectivity index (χ0) is 9.40. The lowest BCUT2D eigenvalue weighted by atomic mass is 10.3. The van der Waals surface area contributed by atoms with E-state index >= 15 is 0 Å². The van der Waals surface area contributed by atoms with Crippen LogP contribution >= 0.6 is 0 Å². The monoisotopic (exact) mass is 167 g/mol. The number of fused-ring (bicyclic) bond motifs is 1. The van der Waals surface area contributed by atoms with Crippen molar-refractivity contribution < 1.29 is 0 Å². The van der Waals surface area contributed by atoms with Gasteiger partial charge in [0, 0.05) is 11.9 Å². The van der Waals surface area contributed by atoms with Gasteiger partial charge in [-0.15, -0.1) is 0 Å². The molecule has 2 rings (SSSR count). The molecule has 0 saturated heterocycles. The van der Waals surface area contributed by atoms with Gasteiger partial charge in [0.15, 0.2) is 0 Å². The van der Waals surface area contributed by atoms with Gasteiger partial charge in [-0.05, 0) is 30.9 Å². The van der Waals surface area contributed by atoms with Crippen molar-refractivity contribution in [3.05, 3.63) is 23.5 Å². The van der Waals surface area contributed by atoms with Crippen LogP contribution in [-0.2, 0) is 12.8 Å². The second-order valence-corrected chi connectivity index (χ2v) is 2.34. The average molecular weight is 167 g/mol. The van der Waals surface area contributed by atoms with Crippen molar-refractivity contribution in [2.24, 2.45) is 0 Å². The Morgan fingerprint density at radius 1 is 1.08 bits per heavy atom. The van der Waals surface area contributed by atoms with Crippen LogP contribution in [0.5, 0.6) is 0 Å². The van der Waals surface area contributed by atoms with Gasteiger partial charge >= 0.3 is 0 Å². The largest absolute Gasteiger partial charge is 0.365 e. The summed E-state index contributed by atoms with van der Waals surface area (Å²) in [6, 6.07) is 2.18. The van der Waals surface area contributed by atoms with E-state index in [-0.39, 0.29) is 0 Å². The van der Waals surface area contributed by atoms with E-state index < -0.39 is 0 Å². The fourth-order valence-corrected chi connectivity index (χ4v) is 1.36. The highest BCUT2D eigenvalue weighted by Crippen LogP contribution is 2.18. The minimum Gasteiger partial charge on any atom is -0.365 e. The lowest BCUT2D eigenvalue weighted by Crippen LogP contribution is -1.73. The number of aryl methyl sites for hydroxylation is 2. The lowest BCUT2D eigenvalue weighted by molar-refractivity contribution is 0.893. The number of hydrogen-bond donors (Lipinski definition) is 1. The first-order chi connectivity index (χ1) is 5.97. The molecule has 0 aliphatic heterocycles. The second kappa shape index (κ2) is 6.96. The minimum absolute atomic E-state index is 1.27. The van der Waals surface area contributed by atoms with Crippen molar-refractivity contribution in [2.45, 2.75) is 47.0 Å². The van der Waals surface area contributed by atoms with Gasteiger partial charge in [-0.2, -0.15) is 0 Å². The summed E-state index contributed by atoms with van der Waals surface area (Å²) in [6.07, 6.45) is 5.94. The molecule has 0 fully saturated rings. The van der Waals surface area contributed by atoms with Gasteiger partial charge in [-0.3, -0.25) is 0 Å². The van der Waals surface area contributed by atoms with Gasteiger partial charge in [-0.25, -0.2) is 0 Å². The molecule has 1 heterocycles. The van der Waals surface area contributed by atoms with E-state index in [4.69, 9.17) is 0 Å². The van der Waals surface area contributed by atoms with Crippen LogP contribution in [0.25, 0.3) is 0 Å². The van der Waals surface area contributed by atoms with Gasteiger partial charge in [0.05, 0.1) is 0 Å². The molecular formula is C11H21N. The third-order valence-corrected chi connectivity index (χ3v) is 1.80. The van der Waals surface area contributed by atoms with Gasteiger partial charge in [0.25, 0.3) is 0 Å². The molecule has 1 aromatic rings. The quantitative estimate of drug-likeness (QED) is 0.608. The Morgan fingerprint density at radius 2 is 1.75 bits per heavy atom. The zero-order valence-corrected chi connectivity index (χ0v) is 8.78. The van der Waals surface area contributed by atoms with Gasteiger partial charge < -0.3 is 4.98 Å². The molecule has 1 nitrogen and oxygen atoms in total. The molecule has 70 valence electrons. The normalized spacial score (nSPS) is 12.0. The highest BCUT2D eigenvalue weighted by Gasteiger charge is 2.09. The van der Waals surface area contributed by atoms with E-state index in [2.05, 4.69) is 11.1 Å². The number of nitrogens with one attached hydrogen (secondary N) is 1. The van der Waals surface area contributed by atoms with E-state index in [1.54, 1.807) is 0 Å². The van der Waals surface area contributed by atoms with E-state index in [0.717, 1.165) is 0 Å². The maximum absolute atomic E-state index is 3.22. The Labute approximate surface area is 76.2 Å². The van der Waals surface area contributed by atoms with Crippen LogP contribution < -0.4 is 0 Å². The van der Waals surface area contributed by atoms with Crippen molar-refractivity contribution in [1.29, 1.82) is 0 Å². The Kier molecular flexibility index (Phi) is 6.54. The number of aromatic nitrogens is 1. The molecule has 0 aromatic carbocycles. The fraction of sp³-hybridized carbons (Fsp3) is 0.636. The first kappa shape index (κ1) is 11.3. The molecule has 0 saturated carbocycles. The SMILES string of the molecule is CC.CC.c1cc2c([nH]1)CCC2. The van der Waals surface area contributed by atoms with Gasteiger partial charge in [-0.1, -0.05) is 27.7 Å². The standard InChI is InChI=1S/C7H9N.2C2H6/c1-2-6-4-5-8-7(6)3-1;2*1-2/h4-5,8H,1-3H2;2*1-2H3. The van der Waals surface area contributed by atoms with Gasteiger partial charge in [0.2, 0.25) is 0 Å². The van der Waals surface area contributed by atoms with Crippen LogP contribution in [0.15, 0.2) is 12.3 Å². The molecule has 1 aliphatic carbocycles. The molecule has 0 atom stereocenters. The van der Waals surface area contributed by atoms with E-state index in [1.807, 2.05) is 33.9 Å². The van der Waals surface area contributed by atoms with E-state index in [9.17, 15) is 0 Å². The zero-order valence-electron chi connectivity index (χ0n) is 8.78. The molecule has 0 bridgehead atoms. The number of aromatic amines is 1. The number of hydrogen-bond acceptors (Lipinski definition) is 0. The Balaban J connectivity index is 0.000000269. The molecule has 0 unspecified atom stereocenters. The molecule has 1 aliphatic rings. The summed E-state index contributed by atoms with van der Waals surface area (Å²) in [7, 11) is 0. The van der Waals surface area contributed by atoms with Crippen molar-refractivity contribution >= 4 is 0 Å². The highest BCUT2D eigenvalue weighted by atomic mass is 14.7.